The summed E-state index contributed by atoms with van der Waals surface area (Å²) in [6, 6.07) is 10.3. The summed E-state index contributed by atoms with van der Waals surface area (Å²) in [6.45, 7) is 1.08. The first-order valence-corrected chi connectivity index (χ1v) is 10.0. The second kappa shape index (κ2) is 6.61. The Kier molecular flexibility index (Phi) is 4.73. The molecule has 0 aliphatic carbocycles. The Morgan fingerprint density at radius 2 is 2.00 bits per heavy atom. The van der Waals surface area contributed by atoms with Crippen molar-refractivity contribution < 1.29 is 13.2 Å². The highest BCUT2D eigenvalue weighted by Gasteiger charge is 2.34. The van der Waals surface area contributed by atoms with Crippen LogP contribution < -0.4 is 0 Å². The van der Waals surface area contributed by atoms with Crippen molar-refractivity contribution in [1.29, 1.82) is 0 Å². The number of likely N-dealkylation sites (tertiary alicyclic amines) is 1. The van der Waals surface area contributed by atoms with Crippen LogP contribution in [0.2, 0.25) is 0 Å². The zero-order valence-electron chi connectivity index (χ0n) is 13.5. The lowest BCUT2D eigenvalue weighted by Crippen LogP contribution is -2.43. The van der Waals surface area contributed by atoms with E-state index >= 15 is 0 Å². The molecule has 0 spiro atoms. The third-order valence-corrected chi connectivity index (χ3v) is 6.72. The van der Waals surface area contributed by atoms with Gasteiger partial charge in [-0.2, -0.15) is 0 Å². The predicted molar refractivity (Wildman–Crippen MR) is 89.8 cm³/mol. The first-order valence-electron chi connectivity index (χ1n) is 8.21. The molecule has 2 aliphatic rings. The number of benzene rings is 1. The molecule has 5 nitrogen and oxygen atoms in total. The highest BCUT2D eigenvalue weighted by molar-refractivity contribution is 7.91. The van der Waals surface area contributed by atoms with Gasteiger partial charge in [0.05, 0.1) is 24.1 Å². The number of hydrogen-bond donors (Lipinski definition) is 0. The molecule has 1 aromatic carbocycles. The Morgan fingerprint density at radius 3 is 2.65 bits per heavy atom. The number of nitrogens with zero attached hydrogens (tertiary/aromatic N) is 2. The van der Waals surface area contributed by atoms with Crippen LogP contribution in [0.3, 0.4) is 0 Å². The molecule has 0 radical (unpaired) electrons. The van der Waals surface area contributed by atoms with Crippen molar-refractivity contribution in [1.82, 2.24) is 9.80 Å². The molecule has 2 heterocycles. The number of amides is 1. The van der Waals surface area contributed by atoms with Crippen LogP contribution in [0.1, 0.15) is 30.9 Å². The topological polar surface area (TPSA) is 57.7 Å². The Labute approximate surface area is 138 Å². The molecule has 3 rings (SSSR count). The number of hydrogen-bond acceptors (Lipinski definition) is 4. The van der Waals surface area contributed by atoms with Gasteiger partial charge in [0.2, 0.25) is 5.91 Å². The van der Waals surface area contributed by atoms with Crippen LogP contribution in [0, 0.1) is 0 Å². The predicted octanol–water partition coefficient (Wildman–Crippen LogP) is 1.47. The summed E-state index contributed by atoms with van der Waals surface area (Å²) in [5.41, 5.74) is 1.18. The van der Waals surface area contributed by atoms with Gasteiger partial charge in [0.1, 0.15) is 0 Å². The van der Waals surface area contributed by atoms with Crippen LogP contribution in [0.15, 0.2) is 30.3 Å². The fraction of sp³-hybridized carbons (Fsp3) is 0.588. The van der Waals surface area contributed by atoms with Gasteiger partial charge >= 0.3 is 0 Å². The van der Waals surface area contributed by atoms with Crippen LogP contribution in [0.25, 0.3) is 0 Å². The van der Waals surface area contributed by atoms with Crippen molar-refractivity contribution in [2.24, 2.45) is 0 Å². The third kappa shape index (κ3) is 3.75. The van der Waals surface area contributed by atoms with Crippen molar-refractivity contribution in [3.63, 3.8) is 0 Å². The van der Waals surface area contributed by atoms with E-state index in [4.69, 9.17) is 0 Å². The molecule has 23 heavy (non-hydrogen) atoms. The van der Waals surface area contributed by atoms with E-state index < -0.39 is 9.84 Å². The number of sulfone groups is 1. The van der Waals surface area contributed by atoms with Gasteiger partial charge in [-0.3, -0.25) is 9.69 Å². The van der Waals surface area contributed by atoms with Crippen LogP contribution >= 0.6 is 0 Å². The summed E-state index contributed by atoms with van der Waals surface area (Å²) in [5.74, 6) is 0.522. The van der Waals surface area contributed by atoms with Crippen molar-refractivity contribution in [2.75, 3.05) is 31.6 Å². The van der Waals surface area contributed by atoms with E-state index in [0.717, 1.165) is 19.4 Å². The summed E-state index contributed by atoms with van der Waals surface area (Å²) >= 11 is 0. The lowest BCUT2D eigenvalue weighted by Gasteiger charge is -2.29. The van der Waals surface area contributed by atoms with Crippen LogP contribution in [-0.2, 0) is 14.6 Å². The molecule has 6 heteroatoms. The second-order valence-electron chi connectivity index (χ2n) is 6.63. The molecule has 1 amide bonds. The van der Waals surface area contributed by atoms with E-state index in [9.17, 15) is 13.2 Å². The lowest BCUT2D eigenvalue weighted by atomic mass is 10.0. The number of carbonyl (C=O) groups excluding carboxylic acids is 1. The van der Waals surface area contributed by atoms with Gasteiger partial charge in [-0.15, -0.1) is 0 Å². The van der Waals surface area contributed by atoms with Gasteiger partial charge < -0.3 is 4.90 Å². The van der Waals surface area contributed by atoms with Gasteiger partial charge in [-0.25, -0.2) is 8.42 Å². The number of rotatable bonds is 4. The highest BCUT2D eigenvalue weighted by atomic mass is 32.2. The Balaban J connectivity index is 1.63. The third-order valence-electron chi connectivity index (χ3n) is 4.97. The molecule has 2 atom stereocenters. The molecule has 0 saturated carbocycles. The fourth-order valence-corrected chi connectivity index (χ4v) is 5.45. The summed E-state index contributed by atoms with van der Waals surface area (Å²) in [5, 5.41) is 0. The van der Waals surface area contributed by atoms with E-state index in [2.05, 4.69) is 12.1 Å². The highest BCUT2D eigenvalue weighted by Crippen LogP contribution is 2.32. The van der Waals surface area contributed by atoms with Gasteiger partial charge in [-0.1, -0.05) is 30.3 Å². The van der Waals surface area contributed by atoms with Crippen LogP contribution in [0.4, 0.5) is 0 Å². The first kappa shape index (κ1) is 16.5. The van der Waals surface area contributed by atoms with E-state index in [1.807, 2.05) is 35.0 Å². The van der Waals surface area contributed by atoms with E-state index in [-0.39, 0.29) is 29.5 Å². The molecule has 0 aromatic heterocycles. The number of carbonyl (C=O) groups is 1. The zero-order chi connectivity index (χ0) is 16.4. The Hall–Kier alpha value is -1.40. The van der Waals surface area contributed by atoms with Crippen molar-refractivity contribution in [3.8, 4) is 0 Å². The van der Waals surface area contributed by atoms with Gasteiger partial charge in [0, 0.05) is 12.6 Å². The average molecular weight is 336 g/mol. The minimum atomic E-state index is -2.92. The molecular weight excluding hydrogens is 312 g/mol. The lowest BCUT2D eigenvalue weighted by molar-refractivity contribution is -0.133. The maximum atomic E-state index is 12.7. The molecule has 0 N–H and O–H groups in total. The van der Waals surface area contributed by atoms with Crippen LogP contribution in [0.5, 0.6) is 0 Å². The maximum Gasteiger partial charge on any atom is 0.237 e. The second-order valence-corrected chi connectivity index (χ2v) is 8.86. The molecule has 1 aromatic rings. The maximum absolute atomic E-state index is 12.7. The molecule has 2 aliphatic heterocycles. The molecule has 2 fully saturated rings. The van der Waals surface area contributed by atoms with E-state index in [1.54, 1.807) is 0 Å². The largest absolute Gasteiger partial charge is 0.335 e. The quantitative estimate of drug-likeness (QED) is 0.835. The molecule has 2 saturated heterocycles. The van der Waals surface area contributed by atoms with E-state index in [0.29, 0.717) is 13.0 Å². The smallest absolute Gasteiger partial charge is 0.237 e. The molecule has 0 bridgehead atoms. The summed E-state index contributed by atoms with van der Waals surface area (Å²) in [4.78, 5) is 16.6. The standard InChI is InChI=1S/C17H24N2O3S/c1-18(15-9-11-23(21,22)13-15)12-17(20)19-10-5-8-16(19)14-6-3-2-4-7-14/h2-4,6-7,15-16H,5,8-13H2,1H3/t15-,16+/m1/s1. The molecule has 0 unspecified atom stereocenters. The monoisotopic (exact) mass is 336 g/mol. The first-order chi connectivity index (χ1) is 11.0. The van der Waals surface area contributed by atoms with Gasteiger partial charge in [0.25, 0.3) is 0 Å². The Bertz CT molecular complexity index is 660. The summed E-state index contributed by atoms with van der Waals surface area (Å²) in [7, 11) is -1.06. The minimum Gasteiger partial charge on any atom is -0.335 e. The Morgan fingerprint density at radius 1 is 1.26 bits per heavy atom. The molecule has 126 valence electrons. The summed E-state index contributed by atoms with van der Waals surface area (Å²) < 4.78 is 23.2. The van der Waals surface area contributed by atoms with Gasteiger partial charge in [-0.05, 0) is 31.9 Å². The van der Waals surface area contributed by atoms with Crippen molar-refractivity contribution in [3.05, 3.63) is 35.9 Å². The summed E-state index contributed by atoms with van der Waals surface area (Å²) in [6.07, 6.45) is 2.65. The van der Waals surface area contributed by atoms with Gasteiger partial charge in [0.15, 0.2) is 9.84 Å². The van der Waals surface area contributed by atoms with Crippen LogP contribution in [-0.4, -0.2) is 61.8 Å². The minimum absolute atomic E-state index is 0.0262. The van der Waals surface area contributed by atoms with Crippen molar-refractivity contribution in [2.45, 2.75) is 31.3 Å². The normalized spacial score (nSPS) is 26.8. The fourth-order valence-electron chi connectivity index (χ4n) is 3.64. The zero-order valence-corrected chi connectivity index (χ0v) is 14.3. The molecular formula is C17H24N2O3S. The number of likely N-dealkylation sites (N-methyl/N-ethyl adjacent to an activating group) is 1. The average Bonchev–Trinajstić information content (AvgIpc) is 3.14. The SMILES string of the molecule is CN(CC(=O)N1CCC[C@H]1c1ccccc1)[C@@H]1CCS(=O)(=O)C1. The van der Waals surface area contributed by atoms with E-state index in [1.165, 1.54) is 5.56 Å². The van der Waals surface area contributed by atoms with Crippen molar-refractivity contribution >= 4 is 15.7 Å².